The molecule has 28 heavy (non-hydrogen) atoms. The van der Waals surface area contributed by atoms with Crippen molar-refractivity contribution >= 4 is 17.6 Å². The molecule has 1 atom stereocenters. The van der Waals surface area contributed by atoms with Gasteiger partial charge in [-0.3, -0.25) is 4.79 Å². The standard InChI is InChI=1S/C20H21N3O5/c1-26-11-7-8-12(16(9-11)27-2)18-17-14(5-4-6-15(17)24)22-19-13(20(25)28-3)10-21-23(18)19/h7-10,18,22H,4-6H2,1-3H3/t18-/m0/s1. The Morgan fingerprint density at radius 3 is 2.75 bits per heavy atom. The molecule has 0 fully saturated rings. The number of Topliss-reactive ketones (excluding diaryl/α,β-unsaturated/α-hetero) is 1. The van der Waals surface area contributed by atoms with Crippen LogP contribution < -0.4 is 14.8 Å². The van der Waals surface area contributed by atoms with Gasteiger partial charge < -0.3 is 19.5 Å². The molecule has 8 heteroatoms. The third-order valence-electron chi connectivity index (χ3n) is 5.18. The molecule has 146 valence electrons. The third-order valence-corrected chi connectivity index (χ3v) is 5.18. The summed E-state index contributed by atoms with van der Waals surface area (Å²) in [6.45, 7) is 0. The van der Waals surface area contributed by atoms with Crippen LogP contribution in [0.3, 0.4) is 0 Å². The largest absolute Gasteiger partial charge is 0.497 e. The van der Waals surface area contributed by atoms with Crippen LogP contribution in [-0.4, -0.2) is 42.9 Å². The molecule has 0 bridgehead atoms. The summed E-state index contributed by atoms with van der Waals surface area (Å²) in [6, 6.07) is 4.95. The number of methoxy groups -OCH3 is 3. The van der Waals surface area contributed by atoms with Crippen molar-refractivity contribution in [1.29, 1.82) is 0 Å². The topological polar surface area (TPSA) is 91.7 Å². The van der Waals surface area contributed by atoms with Gasteiger partial charge in [0.1, 0.15) is 28.9 Å². The van der Waals surface area contributed by atoms with E-state index in [9.17, 15) is 9.59 Å². The summed E-state index contributed by atoms with van der Waals surface area (Å²) in [7, 11) is 4.48. The first-order valence-electron chi connectivity index (χ1n) is 9.00. The Bertz CT molecular complexity index is 992. The lowest BCUT2D eigenvalue weighted by Gasteiger charge is -2.34. The van der Waals surface area contributed by atoms with Crippen LogP contribution >= 0.6 is 0 Å². The van der Waals surface area contributed by atoms with Gasteiger partial charge in [0.05, 0.1) is 27.5 Å². The van der Waals surface area contributed by atoms with Crippen LogP contribution in [-0.2, 0) is 9.53 Å². The number of benzene rings is 1. The summed E-state index contributed by atoms with van der Waals surface area (Å²) in [4.78, 5) is 25.0. The summed E-state index contributed by atoms with van der Waals surface area (Å²) in [5.74, 6) is 1.33. The number of allylic oxidation sites excluding steroid dienone is 2. The molecule has 0 saturated heterocycles. The van der Waals surface area contributed by atoms with Crippen LogP contribution in [0.4, 0.5) is 5.82 Å². The van der Waals surface area contributed by atoms with Crippen LogP contribution in [0.2, 0.25) is 0 Å². The van der Waals surface area contributed by atoms with E-state index in [4.69, 9.17) is 14.2 Å². The van der Waals surface area contributed by atoms with Crippen molar-refractivity contribution in [2.24, 2.45) is 0 Å². The lowest BCUT2D eigenvalue weighted by molar-refractivity contribution is -0.116. The highest BCUT2D eigenvalue weighted by molar-refractivity contribution is 6.01. The Labute approximate surface area is 162 Å². The van der Waals surface area contributed by atoms with Gasteiger partial charge in [0.2, 0.25) is 0 Å². The van der Waals surface area contributed by atoms with Crippen molar-refractivity contribution in [3.8, 4) is 11.5 Å². The minimum absolute atomic E-state index is 0.0670. The van der Waals surface area contributed by atoms with E-state index in [1.165, 1.54) is 13.3 Å². The minimum atomic E-state index is -0.502. The van der Waals surface area contributed by atoms with Gasteiger partial charge in [0.15, 0.2) is 5.78 Å². The average Bonchev–Trinajstić information content (AvgIpc) is 3.15. The summed E-state index contributed by atoms with van der Waals surface area (Å²) >= 11 is 0. The van der Waals surface area contributed by atoms with E-state index in [1.807, 2.05) is 12.1 Å². The number of esters is 1. The Morgan fingerprint density at radius 1 is 1.21 bits per heavy atom. The molecular weight excluding hydrogens is 362 g/mol. The number of ketones is 1. The number of hydrogen-bond donors (Lipinski definition) is 1. The highest BCUT2D eigenvalue weighted by Crippen LogP contribution is 2.44. The monoisotopic (exact) mass is 383 g/mol. The van der Waals surface area contributed by atoms with E-state index >= 15 is 0 Å². The van der Waals surface area contributed by atoms with E-state index in [0.29, 0.717) is 34.9 Å². The molecule has 0 radical (unpaired) electrons. The molecule has 1 aliphatic carbocycles. The number of carbonyl (C=O) groups is 2. The lowest BCUT2D eigenvalue weighted by atomic mass is 9.85. The van der Waals surface area contributed by atoms with Gasteiger partial charge in [-0.2, -0.15) is 5.10 Å². The lowest BCUT2D eigenvalue weighted by Crippen LogP contribution is -2.32. The number of anilines is 1. The average molecular weight is 383 g/mol. The van der Waals surface area contributed by atoms with E-state index < -0.39 is 12.0 Å². The predicted octanol–water partition coefficient (Wildman–Crippen LogP) is 2.71. The minimum Gasteiger partial charge on any atom is -0.497 e. The van der Waals surface area contributed by atoms with Crippen LogP contribution in [0, 0.1) is 0 Å². The van der Waals surface area contributed by atoms with Crippen LogP contribution in [0.25, 0.3) is 0 Å². The molecule has 0 amide bonds. The maximum atomic E-state index is 12.8. The van der Waals surface area contributed by atoms with Crippen molar-refractivity contribution in [1.82, 2.24) is 9.78 Å². The number of carbonyl (C=O) groups excluding carboxylic acids is 2. The van der Waals surface area contributed by atoms with Crippen LogP contribution in [0.15, 0.2) is 35.7 Å². The predicted molar refractivity (Wildman–Crippen MR) is 101 cm³/mol. The van der Waals surface area contributed by atoms with Crippen molar-refractivity contribution in [3.05, 3.63) is 46.8 Å². The second kappa shape index (κ2) is 7.03. The molecule has 2 heterocycles. The SMILES string of the molecule is COC(=O)c1cnn2c1NC1=C(C(=O)CCC1)[C@@H]2c1ccc(OC)cc1OC. The zero-order valence-electron chi connectivity index (χ0n) is 15.9. The molecule has 2 aliphatic rings. The number of ether oxygens (including phenoxy) is 3. The fraction of sp³-hybridized carbons (Fsp3) is 0.350. The van der Waals surface area contributed by atoms with E-state index in [2.05, 4.69) is 10.4 Å². The Hall–Kier alpha value is -3.29. The number of aromatic nitrogens is 2. The number of fused-ring (bicyclic) bond motifs is 1. The molecular formula is C20H21N3O5. The zero-order valence-corrected chi connectivity index (χ0v) is 15.9. The van der Waals surface area contributed by atoms with Crippen molar-refractivity contribution < 1.29 is 23.8 Å². The quantitative estimate of drug-likeness (QED) is 0.812. The number of nitrogens with one attached hydrogen (secondary N) is 1. The Balaban J connectivity index is 1.94. The van der Waals surface area contributed by atoms with Gasteiger partial charge in [-0.05, 0) is 25.0 Å². The normalized spacial score (nSPS) is 18.1. The number of rotatable bonds is 4. The first-order valence-corrected chi connectivity index (χ1v) is 9.00. The second-order valence-corrected chi connectivity index (χ2v) is 6.65. The molecule has 4 rings (SSSR count). The smallest absolute Gasteiger partial charge is 0.343 e. The van der Waals surface area contributed by atoms with E-state index in [-0.39, 0.29) is 5.78 Å². The molecule has 0 unspecified atom stereocenters. The van der Waals surface area contributed by atoms with E-state index in [1.54, 1.807) is 25.0 Å². The van der Waals surface area contributed by atoms with Crippen molar-refractivity contribution in [2.75, 3.05) is 26.6 Å². The molecule has 2 aromatic rings. The summed E-state index contributed by atoms with van der Waals surface area (Å²) in [5, 5.41) is 7.65. The van der Waals surface area contributed by atoms with Gasteiger partial charge in [-0.25, -0.2) is 9.48 Å². The fourth-order valence-corrected chi connectivity index (χ4v) is 3.85. The zero-order chi connectivity index (χ0) is 19.8. The molecule has 8 nitrogen and oxygen atoms in total. The Kier molecular flexibility index (Phi) is 4.54. The van der Waals surface area contributed by atoms with Gasteiger partial charge in [-0.1, -0.05) is 0 Å². The summed E-state index contributed by atoms with van der Waals surface area (Å²) in [5.41, 5.74) is 2.57. The molecule has 1 aromatic carbocycles. The Morgan fingerprint density at radius 2 is 2.04 bits per heavy atom. The molecule has 1 aromatic heterocycles. The maximum absolute atomic E-state index is 12.8. The van der Waals surface area contributed by atoms with Crippen LogP contribution in [0.5, 0.6) is 11.5 Å². The van der Waals surface area contributed by atoms with Crippen molar-refractivity contribution in [3.63, 3.8) is 0 Å². The van der Waals surface area contributed by atoms with Gasteiger partial charge in [0, 0.05) is 29.3 Å². The van der Waals surface area contributed by atoms with E-state index in [0.717, 1.165) is 24.1 Å². The molecule has 0 spiro atoms. The first-order chi connectivity index (χ1) is 13.6. The van der Waals surface area contributed by atoms with Crippen LogP contribution in [0.1, 0.15) is 41.2 Å². The fourth-order valence-electron chi connectivity index (χ4n) is 3.85. The molecule has 1 aliphatic heterocycles. The molecule has 0 saturated carbocycles. The van der Waals surface area contributed by atoms with Crippen molar-refractivity contribution in [2.45, 2.75) is 25.3 Å². The third kappa shape index (κ3) is 2.72. The maximum Gasteiger partial charge on any atom is 0.343 e. The number of nitrogens with zero attached hydrogens (tertiary/aromatic N) is 2. The summed E-state index contributed by atoms with van der Waals surface area (Å²) < 4.78 is 17.4. The van der Waals surface area contributed by atoms with Gasteiger partial charge in [-0.15, -0.1) is 0 Å². The summed E-state index contributed by atoms with van der Waals surface area (Å²) in [6.07, 6.45) is 3.43. The van der Waals surface area contributed by atoms with Gasteiger partial charge in [0.25, 0.3) is 0 Å². The highest BCUT2D eigenvalue weighted by atomic mass is 16.5. The second-order valence-electron chi connectivity index (χ2n) is 6.65. The number of hydrogen-bond acceptors (Lipinski definition) is 7. The molecule has 1 N–H and O–H groups in total. The highest BCUT2D eigenvalue weighted by Gasteiger charge is 2.39. The first kappa shape index (κ1) is 18.1. The van der Waals surface area contributed by atoms with Gasteiger partial charge >= 0.3 is 5.97 Å².